The van der Waals surface area contributed by atoms with Crippen molar-refractivity contribution in [2.45, 2.75) is 19.4 Å². The highest BCUT2D eigenvalue weighted by Crippen LogP contribution is 2.29. The number of anilines is 1. The molecule has 0 unspecified atom stereocenters. The molecule has 0 saturated heterocycles. The minimum absolute atomic E-state index is 0.212. The van der Waals surface area contributed by atoms with Crippen LogP contribution >= 0.6 is 0 Å². The summed E-state index contributed by atoms with van der Waals surface area (Å²) in [5, 5.41) is 24.2. The van der Waals surface area contributed by atoms with Gasteiger partial charge in [-0.25, -0.2) is 0 Å². The summed E-state index contributed by atoms with van der Waals surface area (Å²) in [6.45, 7) is 3.83. The molecule has 18 heavy (non-hydrogen) atoms. The fourth-order valence-corrected chi connectivity index (χ4v) is 1.26. The third kappa shape index (κ3) is 3.67. The van der Waals surface area contributed by atoms with Crippen molar-refractivity contribution < 1.29 is 9.85 Å². The second-order valence-electron chi connectivity index (χ2n) is 4.56. The minimum atomic E-state index is -0.677. The molecule has 98 valence electrons. The van der Waals surface area contributed by atoms with E-state index in [0.29, 0.717) is 6.54 Å². The third-order valence-corrected chi connectivity index (χ3v) is 2.12. The number of nitrogens with two attached hydrogens (primary N) is 1. The molecule has 0 saturated carbocycles. The predicted octanol–water partition coefficient (Wildman–Crippen LogP) is 1.65. The zero-order chi connectivity index (χ0) is 13.9. The van der Waals surface area contributed by atoms with Gasteiger partial charge in [0.1, 0.15) is 5.69 Å². The highest BCUT2D eigenvalue weighted by molar-refractivity contribution is 5.65. The summed E-state index contributed by atoms with van der Waals surface area (Å²) < 4.78 is 0. The van der Waals surface area contributed by atoms with Gasteiger partial charge in [-0.05, 0) is 19.9 Å². The van der Waals surface area contributed by atoms with E-state index in [1.807, 2.05) is 0 Å². The fourth-order valence-electron chi connectivity index (χ4n) is 1.26. The van der Waals surface area contributed by atoms with Gasteiger partial charge in [0.25, 0.3) is 11.4 Å². The summed E-state index contributed by atoms with van der Waals surface area (Å²) in [6.07, 6.45) is 0. The lowest BCUT2D eigenvalue weighted by atomic mass is 10.1. The summed E-state index contributed by atoms with van der Waals surface area (Å²) in [5.41, 5.74) is 4.75. The first-order chi connectivity index (χ1) is 8.20. The van der Waals surface area contributed by atoms with Crippen LogP contribution in [0.15, 0.2) is 18.2 Å². The van der Waals surface area contributed by atoms with Crippen molar-refractivity contribution in [2.24, 2.45) is 5.73 Å². The Kier molecular flexibility index (Phi) is 3.82. The second-order valence-corrected chi connectivity index (χ2v) is 4.56. The average Bonchev–Trinajstić information content (AvgIpc) is 2.24. The third-order valence-electron chi connectivity index (χ3n) is 2.12. The summed E-state index contributed by atoms with van der Waals surface area (Å²) in [5.74, 6) is 0. The van der Waals surface area contributed by atoms with Crippen molar-refractivity contribution in [3.63, 3.8) is 0 Å². The van der Waals surface area contributed by atoms with E-state index in [0.717, 1.165) is 6.07 Å². The number of nitro groups is 2. The Morgan fingerprint density at radius 3 is 2.33 bits per heavy atom. The molecule has 0 aliphatic rings. The Labute approximate surface area is 103 Å². The molecule has 0 atom stereocenters. The molecule has 3 N–H and O–H groups in total. The molecule has 1 rings (SSSR count). The smallest absolute Gasteiger partial charge is 0.299 e. The van der Waals surface area contributed by atoms with Crippen molar-refractivity contribution in [3.8, 4) is 0 Å². The molecular formula is C10H14N4O4. The Hall–Kier alpha value is -2.22. The molecule has 0 aromatic heterocycles. The Morgan fingerprint density at radius 2 is 1.89 bits per heavy atom. The van der Waals surface area contributed by atoms with E-state index in [-0.39, 0.29) is 17.1 Å². The van der Waals surface area contributed by atoms with Crippen LogP contribution < -0.4 is 11.1 Å². The topological polar surface area (TPSA) is 124 Å². The van der Waals surface area contributed by atoms with E-state index in [1.54, 1.807) is 13.8 Å². The molecule has 0 fully saturated rings. The number of rotatable bonds is 5. The quantitative estimate of drug-likeness (QED) is 0.608. The summed E-state index contributed by atoms with van der Waals surface area (Å²) in [6, 6.07) is 3.44. The van der Waals surface area contributed by atoms with Crippen LogP contribution in [0.25, 0.3) is 0 Å². The zero-order valence-corrected chi connectivity index (χ0v) is 10.0. The molecule has 0 amide bonds. The van der Waals surface area contributed by atoms with Crippen molar-refractivity contribution in [3.05, 3.63) is 38.4 Å². The van der Waals surface area contributed by atoms with E-state index in [1.165, 1.54) is 12.1 Å². The van der Waals surface area contributed by atoms with Gasteiger partial charge in [-0.2, -0.15) is 0 Å². The van der Waals surface area contributed by atoms with Crippen LogP contribution in [-0.2, 0) is 0 Å². The number of non-ortho nitro benzene ring substituents is 1. The number of nitro benzene ring substituents is 2. The number of hydrogen-bond donors (Lipinski definition) is 2. The molecule has 8 nitrogen and oxygen atoms in total. The molecular weight excluding hydrogens is 240 g/mol. The highest BCUT2D eigenvalue weighted by atomic mass is 16.6. The van der Waals surface area contributed by atoms with Crippen LogP contribution in [0.1, 0.15) is 13.8 Å². The van der Waals surface area contributed by atoms with Crippen LogP contribution in [0.4, 0.5) is 17.1 Å². The maximum absolute atomic E-state index is 10.8. The van der Waals surface area contributed by atoms with Crippen LogP contribution in [0.2, 0.25) is 0 Å². The Balaban J connectivity index is 3.05. The summed E-state index contributed by atoms with van der Waals surface area (Å²) in [4.78, 5) is 20.0. The lowest BCUT2D eigenvalue weighted by molar-refractivity contribution is -0.393. The van der Waals surface area contributed by atoms with Gasteiger partial charge >= 0.3 is 0 Å². The SMILES string of the molecule is CC(C)(N)CNc1ccc([N+](=O)[O-])cc1[N+](=O)[O-]. The number of hydrogen-bond acceptors (Lipinski definition) is 6. The van der Waals surface area contributed by atoms with Crippen LogP contribution in [0, 0.1) is 20.2 Å². The van der Waals surface area contributed by atoms with E-state index < -0.39 is 15.4 Å². The lowest BCUT2D eigenvalue weighted by Gasteiger charge is -2.19. The van der Waals surface area contributed by atoms with Gasteiger partial charge < -0.3 is 11.1 Å². The fraction of sp³-hybridized carbons (Fsp3) is 0.400. The summed E-state index contributed by atoms with van der Waals surface area (Å²) >= 11 is 0. The molecule has 1 aromatic carbocycles. The van der Waals surface area contributed by atoms with Crippen molar-refractivity contribution >= 4 is 17.1 Å². The molecule has 0 radical (unpaired) electrons. The van der Waals surface area contributed by atoms with E-state index in [9.17, 15) is 20.2 Å². The maximum Gasteiger partial charge on any atom is 0.299 e. The van der Waals surface area contributed by atoms with Gasteiger partial charge in [-0.3, -0.25) is 20.2 Å². The van der Waals surface area contributed by atoms with Crippen molar-refractivity contribution in [1.29, 1.82) is 0 Å². The van der Waals surface area contributed by atoms with E-state index in [2.05, 4.69) is 5.32 Å². The highest BCUT2D eigenvalue weighted by Gasteiger charge is 2.20. The van der Waals surface area contributed by atoms with Crippen molar-refractivity contribution in [2.75, 3.05) is 11.9 Å². The van der Waals surface area contributed by atoms with Gasteiger partial charge in [-0.15, -0.1) is 0 Å². The van der Waals surface area contributed by atoms with Crippen molar-refractivity contribution in [1.82, 2.24) is 0 Å². The Morgan fingerprint density at radius 1 is 1.28 bits per heavy atom. The first-order valence-corrected chi connectivity index (χ1v) is 5.16. The zero-order valence-electron chi connectivity index (χ0n) is 10.0. The normalized spacial score (nSPS) is 11.1. The average molecular weight is 254 g/mol. The van der Waals surface area contributed by atoms with Gasteiger partial charge in [-0.1, -0.05) is 0 Å². The molecule has 1 aromatic rings. The van der Waals surface area contributed by atoms with Gasteiger partial charge in [0, 0.05) is 18.2 Å². The second kappa shape index (κ2) is 4.96. The van der Waals surface area contributed by atoms with Gasteiger partial charge in [0.05, 0.1) is 15.9 Å². The predicted molar refractivity (Wildman–Crippen MR) is 66.5 cm³/mol. The van der Waals surface area contributed by atoms with E-state index >= 15 is 0 Å². The monoisotopic (exact) mass is 254 g/mol. The van der Waals surface area contributed by atoms with E-state index in [4.69, 9.17) is 5.73 Å². The van der Waals surface area contributed by atoms with Crippen LogP contribution in [0.5, 0.6) is 0 Å². The first kappa shape index (κ1) is 13.8. The molecule has 0 heterocycles. The minimum Gasteiger partial charge on any atom is -0.378 e. The van der Waals surface area contributed by atoms with Crippen LogP contribution in [0.3, 0.4) is 0 Å². The standard InChI is InChI=1S/C10H14N4O4/c1-10(2,11)6-12-8-4-3-7(13(15)16)5-9(8)14(17)18/h3-5,12H,6,11H2,1-2H3. The lowest BCUT2D eigenvalue weighted by Crippen LogP contribution is -2.39. The number of benzene rings is 1. The van der Waals surface area contributed by atoms with Gasteiger partial charge in [0.15, 0.2) is 0 Å². The number of nitrogens with zero attached hydrogens (tertiary/aromatic N) is 2. The molecule has 0 aliphatic carbocycles. The summed E-state index contributed by atoms with van der Waals surface area (Å²) in [7, 11) is 0. The molecule has 8 heteroatoms. The maximum atomic E-state index is 10.8. The number of nitrogens with one attached hydrogen (secondary N) is 1. The molecule has 0 bridgehead atoms. The molecule has 0 aliphatic heterocycles. The molecule has 0 spiro atoms. The van der Waals surface area contributed by atoms with Gasteiger partial charge in [0.2, 0.25) is 0 Å². The first-order valence-electron chi connectivity index (χ1n) is 5.16. The Bertz CT molecular complexity index is 481. The largest absolute Gasteiger partial charge is 0.378 e. The van der Waals surface area contributed by atoms with Crippen LogP contribution in [-0.4, -0.2) is 21.9 Å².